The van der Waals surface area contributed by atoms with Crippen molar-refractivity contribution in [3.05, 3.63) is 109 Å². The van der Waals surface area contributed by atoms with Crippen LogP contribution in [0.15, 0.2) is 129 Å². The molecule has 0 saturated heterocycles. The summed E-state index contributed by atoms with van der Waals surface area (Å²) in [5.41, 5.74) is 2.50. The van der Waals surface area contributed by atoms with Gasteiger partial charge in [0.15, 0.2) is 0 Å². The minimum atomic E-state index is 1.25. The second kappa shape index (κ2) is 8.31. The summed E-state index contributed by atoms with van der Waals surface area (Å²) in [6.45, 7) is 0. The molecule has 0 heterocycles. The van der Waals surface area contributed by atoms with Crippen molar-refractivity contribution in [2.75, 3.05) is 0 Å². The molecule has 4 aromatic carbocycles. The Morgan fingerprint density at radius 1 is 0.346 bits per heavy atom. The highest BCUT2D eigenvalue weighted by molar-refractivity contribution is 7.99. The molecule has 0 bridgehead atoms. The molecule has 0 amide bonds. The van der Waals surface area contributed by atoms with Crippen LogP contribution in [0.1, 0.15) is 0 Å². The molecule has 2 heteroatoms. The quantitative estimate of drug-likeness (QED) is 0.354. The molecule has 0 radical (unpaired) electrons. The molecule has 0 nitrogen and oxygen atoms in total. The van der Waals surface area contributed by atoms with Crippen LogP contribution in [0.3, 0.4) is 0 Å². The Kier molecular flexibility index (Phi) is 5.44. The topological polar surface area (TPSA) is 0 Å². The highest BCUT2D eigenvalue weighted by atomic mass is 32.2. The van der Waals surface area contributed by atoms with Crippen LogP contribution in [0.25, 0.3) is 11.1 Å². The van der Waals surface area contributed by atoms with Gasteiger partial charge in [0, 0.05) is 19.6 Å². The summed E-state index contributed by atoms with van der Waals surface area (Å²) in [5.74, 6) is 0. The third kappa shape index (κ3) is 4.40. The van der Waals surface area contributed by atoms with Gasteiger partial charge in [0.05, 0.1) is 0 Å². The van der Waals surface area contributed by atoms with Crippen molar-refractivity contribution in [2.24, 2.45) is 0 Å². The average molecular weight is 371 g/mol. The molecule has 0 fully saturated rings. The van der Waals surface area contributed by atoms with E-state index in [0.29, 0.717) is 0 Å². The molecule has 0 unspecified atom stereocenters. The van der Waals surface area contributed by atoms with E-state index in [1.165, 1.54) is 30.7 Å². The predicted octanol–water partition coefficient (Wildman–Crippen LogP) is 7.66. The molecule has 4 rings (SSSR count). The van der Waals surface area contributed by atoms with Gasteiger partial charge in [-0.15, -0.1) is 0 Å². The fraction of sp³-hybridized carbons (Fsp3) is 0. The van der Waals surface area contributed by atoms with E-state index in [4.69, 9.17) is 0 Å². The highest BCUT2D eigenvalue weighted by Gasteiger charge is 2.04. The molecular formula is C24H18S2. The molecule has 0 N–H and O–H groups in total. The summed E-state index contributed by atoms with van der Waals surface area (Å²) in [6.07, 6.45) is 0. The third-order valence-electron chi connectivity index (χ3n) is 3.96. The molecule has 0 aliphatic heterocycles. The minimum absolute atomic E-state index is 1.25. The summed E-state index contributed by atoms with van der Waals surface area (Å²) in [6, 6.07) is 38.5. The van der Waals surface area contributed by atoms with Crippen LogP contribution in [-0.2, 0) is 0 Å². The first-order valence-corrected chi connectivity index (χ1v) is 10.2. The standard InChI is InChI=1S/C24H18S2/c1-3-11-21(12-4-1)25-23-15-7-9-19(17-23)20-10-8-16-24(18-20)26-22-13-5-2-6-14-22/h1-18H. The first-order valence-electron chi connectivity index (χ1n) is 8.53. The Bertz CT molecular complexity index is 896. The van der Waals surface area contributed by atoms with Crippen LogP contribution in [0, 0.1) is 0 Å². The number of rotatable bonds is 5. The summed E-state index contributed by atoms with van der Waals surface area (Å²) >= 11 is 3.60. The van der Waals surface area contributed by atoms with E-state index in [2.05, 4.69) is 109 Å². The monoisotopic (exact) mass is 370 g/mol. The van der Waals surface area contributed by atoms with Gasteiger partial charge in [0.2, 0.25) is 0 Å². The Morgan fingerprint density at radius 2 is 0.731 bits per heavy atom. The van der Waals surface area contributed by atoms with Crippen LogP contribution >= 0.6 is 23.5 Å². The average Bonchev–Trinajstić information content (AvgIpc) is 2.70. The van der Waals surface area contributed by atoms with E-state index in [1.54, 1.807) is 23.5 Å². The van der Waals surface area contributed by atoms with E-state index >= 15 is 0 Å². The number of hydrogen-bond donors (Lipinski definition) is 0. The molecule has 4 aromatic rings. The number of hydrogen-bond acceptors (Lipinski definition) is 2. The van der Waals surface area contributed by atoms with Crippen molar-refractivity contribution in [1.82, 2.24) is 0 Å². The predicted molar refractivity (Wildman–Crippen MR) is 113 cm³/mol. The Hall–Kier alpha value is -2.42. The molecular weight excluding hydrogens is 352 g/mol. The van der Waals surface area contributed by atoms with Gasteiger partial charge in [-0.2, -0.15) is 0 Å². The maximum absolute atomic E-state index is 2.27. The molecule has 0 aliphatic carbocycles. The van der Waals surface area contributed by atoms with Gasteiger partial charge in [0.25, 0.3) is 0 Å². The molecule has 0 saturated carbocycles. The van der Waals surface area contributed by atoms with E-state index in [9.17, 15) is 0 Å². The van der Waals surface area contributed by atoms with Crippen LogP contribution in [-0.4, -0.2) is 0 Å². The van der Waals surface area contributed by atoms with E-state index in [-0.39, 0.29) is 0 Å². The molecule has 0 atom stereocenters. The van der Waals surface area contributed by atoms with E-state index in [0.717, 1.165) is 0 Å². The van der Waals surface area contributed by atoms with Gasteiger partial charge >= 0.3 is 0 Å². The maximum atomic E-state index is 2.27. The normalized spacial score (nSPS) is 10.6. The van der Waals surface area contributed by atoms with Gasteiger partial charge in [-0.1, -0.05) is 84.2 Å². The Balaban J connectivity index is 1.57. The fourth-order valence-electron chi connectivity index (χ4n) is 2.73. The Morgan fingerprint density at radius 3 is 1.15 bits per heavy atom. The minimum Gasteiger partial charge on any atom is -0.0901 e. The van der Waals surface area contributed by atoms with Gasteiger partial charge in [-0.05, 0) is 59.7 Å². The summed E-state index contributed by atoms with van der Waals surface area (Å²) in [7, 11) is 0. The second-order valence-electron chi connectivity index (χ2n) is 5.89. The lowest BCUT2D eigenvalue weighted by Gasteiger charge is -2.08. The van der Waals surface area contributed by atoms with Crippen molar-refractivity contribution in [2.45, 2.75) is 19.6 Å². The van der Waals surface area contributed by atoms with Crippen LogP contribution in [0.5, 0.6) is 0 Å². The van der Waals surface area contributed by atoms with Crippen molar-refractivity contribution in [3.8, 4) is 11.1 Å². The maximum Gasteiger partial charge on any atom is 0.0128 e. The van der Waals surface area contributed by atoms with Crippen molar-refractivity contribution < 1.29 is 0 Å². The molecule has 26 heavy (non-hydrogen) atoms. The third-order valence-corrected chi connectivity index (χ3v) is 5.95. The summed E-state index contributed by atoms with van der Waals surface area (Å²) < 4.78 is 0. The Labute approximate surface area is 163 Å². The van der Waals surface area contributed by atoms with Gasteiger partial charge in [0.1, 0.15) is 0 Å². The summed E-state index contributed by atoms with van der Waals surface area (Å²) in [4.78, 5) is 5.04. The zero-order valence-electron chi connectivity index (χ0n) is 14.2. The van der Waals surface area contributed by atoms with Gasteiger partial charge in [-0.3, -0.25) is 0 Å². The first kappa shape index (κ1) is 17.0. The van der Waals surface area contributed by atoms with Crippen LogP contribution in [0.4, 0.5) is 0 Å². The smallest absolute Gasteiger partial charge is 0.0128 e. The second-order valence-corrected chi connectivity index (χ2v) is 8.18. The molecule has 0 aromatic heterocycles. The van der Waals surface area contributed by atoms with Crippen LogP contribution in [0.2, 0.25) is 0 Å². The van der Waals surface area contributed by atoms with Crippen molar-refractivity contribution >= 4 is 23.5 Å². The zero-order chi connectivity index (χ0) is 17.6. The SMILES string of the molecule is c1ccc(Sc2cccc(-c3cccc(Sc4ccccc4)c3)c2)cc1. The zero-order valence-corrected chi connectivity index (χ0v) is 15.8. The van der Waals surface area contributed by atoms with E-state index < -0.39 is 0 Å². The first-order chi connectivity index (χ1) is 12.9. The number of benzene rings is 4. The molecule has 0 aliphatic rings. The van der Waals surface area contributed by atoms with Crippen molar-refractivity contribution in [3.63, 3.8) is 0 Å². The lowest BCUT2D eigenvalue weighted by Crippen LogP contribution is -1.81. The van der Waals surface area contributed by atoms with E-state index in [1.807, 2.05) is 0 Å². The molecule has 126 valence electrons. The van der Waals surface area contributed by atoms with Crippen LogP contribution < -0.4 is 0 Å². The largest absolute Gasteiger partial charge is 0.0901 e. The lowest BCUT2D eigenvalue weighted by atomic mass is 10.1. The molecule has 0 spiro atoms. The van der Waals surface area contributed by atoms with Gasteiger partial charge < -0.3 is 0 Å². The lowest BCUT2D eigenvalue weighted by molar-refractivity contribution is 1.38. The highest BCUT2D eigenvalue weighted by Crippen LogP contribution is 2.33. The summed E-state index contributed by atoms with van der Waals surface area (Å²) in [5, 5.41) is 0. The van der Waals surface area contributed by atoms with Crippen molar-refractivity contribution in [1.29, 1.82) is 0 Å². The van der Waals surface area contributed by atoms with Gasteiger partial charge in [-0.25, -0.2) is 0 Å². The fourth-order valence-corrected chi connectivity index (χ4v) is 4.52.